The van der Waals surface area contributed by atoms with Gasteiger partial charge in [0.05, 0.1) is 5.56 Å². The van der Waals surface area contributed by atoms with Crippen LogP contribution in [0, 0.1) is 5.41 Å². The van der Waals surface area contributed by atoms with Crippen LogP contribution in [0.2, 0.25) is 0 Å². The van der Waals surface area contributed by atoms with Crippen LogP contribution < -0.4 is 21.4 Å². The van der Waals surface area contributed by atoms with Crippen molar-refractivity contribution in [1.82, 2.24) is 15.1 Å². The molecular weight excluding hydrogens is 630 g/mol. The molecule has 0 bridgehead atoms. The van der Waals surface area contributed by atoms with Crippen LogP contribution in [-0.2, 0) is 16.1 Å². The molecule has 3 aromatic carbocycles. The Balaban J connectivity index is 0.916. The van der Waals surface area contributed by atoms with Crippen molar-refractivity contribution < 1.29 is 24.9 Å². The largest absolute Gasteiger partial charge is 0.507 e. The quantitative estimate of drug-likeness (QED) is 0.139. The van der Waals surface area contributed by atoms with Crippen molar-refractivity contribution >= 4 is 40.5 Å². The van der Waals surface area contributed by atoms with Crippen LogP contribution in [0.5, 0.6) is 5.75 Å². The van der Waals surface area contributed by atoms with Gasteiger partial charge in [0.15, 0.2) is 0 Å². The van der Waals surface area contributed by atoms with Crippen LogP contribution in [0.1, 0.15) is 77.1 Å². The van der Waals surface area contributed by atoms with E-state index in [1.165, 1.54) is 5.56 Å². The van der Waals surface area contributed by atoms with Gasteiger partial charge in [0.25, 0.3) is 5.91 Å². The summed E-state index contributed by atoms with van der Waals surface area (Å²) in [5.41, 5.74) is 12.1. The molecule has 0 radical (unpaired) electrons. The zero-order valence-corrected chi connectivity index (χ0v) is 28.1. The van der Waals surface area contributed by atoms with E-state index in [0.29, 0.717) is 47.3 Å². The fraction of sp³-hybridized carbons (Fsp3) is 0.359. The summed E-state index contributed by atoms with van der Waals surface area (Å²) in [5.74, 6) is -0.337. The molecule has 7 rings (SSSR count). The third kappa shape index (κ3) is 6.65. The lowest BCUT2D eigenvalue weighted by Crippen LogP contribution is -2.52. The number of hydrogen-bond donors (Lipinski definition) is 5. The Morgan fingerprint density at radius 1 is 0.920 bits per heavy atom. The predicted octanol–water partition coefficient (Wildman–Crippen LogP) is 2.57. The van der Waals surface area contributed by atoms with Gasteiger partial charge in [0.2, 0.25) is 17.5 Å². The lowest BCUT2D eigenvalue weighted by molar-refractivity contribution is -0.137. The topological polar surface area (TPSA) is 169 Å². The number of fused-ring (bicyclic) bond motifs is 1. The molecule has 4 heterocycles. The zero-order valence-electron chi connectivity index (χ0n) is 28.1. The smallest absolute Gasteiger partial charge is 0.255 e. The van der Waals surface area contributed by atoms with E-state index in [9.17, 15) is 19.5 Å². The van der Waals surface area contributed by atoms with Crippen molar-refractivity contribution in [3.8, 4) is 5.75 Å². The van der Waals surface area contributed by atoms with Gasteiger partial charge in [0.1, 0.15) is 17.6 Å². The summed E-state index contributed by atoms with van der Waals surface area (Å²) in [5, 5.41) is 27.0. The van der Waals surface area contributed by atoms with E-state index in [0.717, 1.165) is 68.7 Å². The number of aromatic hydroxyl groups is 1. The number of para-hydroxylation sites is 1. The predicted molar refractivity (Wildman–Crippen MR) is 192 cm³/mol. The summed E-state index contributed by atoms with van der Waals surface area (Å²) in [6.45, 7) is 4.41. The van der Waals surface area contributed by atoms with Gasteiger partial charge in [-0.3, -0.25) is 30.5 Å². The fourth-order valence-corrected chi connectivity index (χ4v) is 8.05. The van der Waals surface area contributed by atoms with Crippen LogP contribution in [0.15, 0.2) is 72.8 Å². The van der Waals surface area contributed by atoms with Crippen LogP contribution in [0.3, 0.4) is 0 Å². The number of allylic oxidation sites excluding steroid dienone is 1. The van der Waals surface area contributed by atoms with E-state index < -0.39 is 6.04 Å². The van der Waals surface area contributed by atoms with Crippen molar-refractivity contribution in [3.63, 3.8) is 0 Å². The normalized spacial score (nSPS) is 20.9. The minimum Gasteiger partial charge on any atom is -0.507 e. The number of amides is 3. The standard InChI is InChI=1S/C39H43N7O4/c40-33(31-3-1-2-4-35(31)47)22-32(37(41)42)26-7-5-24(6-8-26)25-13-17-44(18-14-25)28-15-19-45(20-16-28)29-9-10-30-27(21-29)23-46(39(30)50)34-11-12-36(48)43-38(34)49/h1-10,21-22,25,28,34,40,47H,11-20,23H2,(H3,41,42)(H,43,48,49)/p+1/b32-22-,40-33?. The fourth-order valence-electron chi connectivity index (χ4n) is 8.05. The van der Waals surface area contributed by atoms with Gasteiger partial charge >= 0.3 is 0 Å². The molecule has 1 atom stereocenters. The third-order valence-electron chi connectivity index (χ3n) is 10.9. The second-order valence-corrected chi connectivity index (χ2v) is 13.8. The van der Waals surface area contributed by atoms with Gasteiger partial charge < -0.3 is 25.5 Å². The van der Waals surface area contributed by atoms with Gasteiger partial charge in [-0.2, -0.15) is 0 Å². The minimum atomic E-state index is -0.599. The first-order valence-electron chi connectivity index (χ1n) is 17.5. The Labute approximate surface area is 291 Å². The molecule has 258 valence electrons. The molecule has 4 aliphatic heterocycles. The van der Waals surface area contributed by atoms with Crippen molar-refractivity contribution in [2.24, 2.45) is 5.73 Å². The van der Waals surface area contributed by atoms with Gasteiger partial charge in [-0.15, -0.1) is 0 Å². The first-order chi connectivity index (χ1) is 24.2. The minimum absolute atomic E-state index is 0.0794. The summed E-state index contributed by atoms with van der Waals surface area (Å²) in [7, 11) is 0. The van der Waals surface area contributed by atoms with Crippen molar-refractivity contribution in [3.05, 3.63) is 101 Å². The van der Waals surface area contributed by atoms with Crippen LogP contribution >= 0.6 is 0 Å². The SMILES string of the molecule is N=C(N)/C(=C\C(=[NH2+])c1ccccc1O)c1ccc(C2CCN(C3CCN(c4ccc5c(c4)CN(C4CCC(=O)NC4=O)C5=O)CC3)CC2)cc1. The summed E-state index contributed by atoms with van der Waals surface area (Å²) >= 11 is 0. The lowest BCUT2D eigenvalue weighted by atomic mass is 9.87. The molecule has 11 nitrogen and oxygen atoms in total. The van der Waals surface area contributed by atoms with E-state index in [1.807, 2.05) is 24.3 Å². The summed E-state index contributed by atoms with van der Waals surface area (Å²) in [6.07, 6.45) is 6.61. The second kappa shape index (κ2) is 13.9. The van der Waals surface area contributed by atoms with Crippen LogP contribution in [0.25, 0.3) is 5.57 Å². The number of nitrogens with zero attached hydrogens (tertiary/aromatic N) is 3. The number of piperidine rings is 3. The molecule has 0 aromatic heterocycles. The highest BCUT2D eigenvalue weighted by molar-refractivity contribution is 6.26. The van der Waals surface area contributed by atoms with Gasteiger partial charge in [-0.1, -0.05) is 36.4 Å². The number of imide groups is 1. The Morgan fingerprint density at radius 3 is 2.32 bits per heavy atom. The highest BCUT2D eigenvalue weighted by atomic mass is 16.3. The maximum Gasteiger partial charge on any atom is 0.255 e. The van der Waals surface area contributed by atoms with E-state index in [1.54, 1.807) is 35.2 Å². The zero-order chi connectivity index (χ0) is 34.9. The molecule has 3 saturated heterocycles. The molecule has 4 aliphatic rings. The maximum atomic E-state index is 13.1. The molecule has 3 amide bonds. The molecule has 11 heteroatoms. The Morgan fingerprint density at radius 2 is 1.64 bits per heavy atom. The number of benzene rings is 3. The molecule has 0 saturated carbocycles. The molecule has 0 aliphatic carbocycles. The number of carbonyl (C=O) groups is 3. The highest BCUT2D eigenvalue weighted by Gasteiger charge is 2.39. The first kappa shape index (κ1) is 33.2. The summed E-state index contributed by atoms with van der Waals surface area (Å²) < 4.78 is 0. The Hall–Kier alpha value is -5.29. The molecular formula is C39H44N7O4+. The first-order valence-corrected chi connectivity index (χ1v) is 17.5. The van der Waals surface area contributed by atoms with Gasteiger partial charge in [-0.05, 0) is 98.1 Å². The van der Waals surface area contributed by atoms with Crippen LogP contribution in [0.4, 0.5) is 5.69 Å². The Kier molecular flexibility index (Phi) is 9.24. The number of nitrogens with two attached hydrogens (primary N) is 2. The molecule has 3 fully saturated rings. The molecule has 7 N–H and O–H groups in total. The average Bonchev–Trinajstić information content (AvgIpc) is 3.45. The summed E-state index contributed by atoms with van der Waals surface area (Å²) in [6, 6.07) is 21.1. The van der Waals surface area contributed by atoms with Crippen LogP contribution in [-0.4, -0.2) is 82.4 Å². The number of rotatable bonds is 8. The number of hydrogen-bond acceptors (Lipinski definition) is 7. The van der Waals surface area contributed by atoms with Crippen molar-refractivity contribution in [1.29, 1.82) is 5.41 Å². The molecule has 1 unspecified atom stereocenters. The lowest BCUT2D eigenvalue weighted by Gasteiger charge is -2.42. The maximum absolute atomic E-state index is 13.1. The van der Waals surface area contributed by atoms with E-state index in [4.69, 9.17) is 16.6 Å². The van der Waals surface area contributed by atoms with Gasteiger partial charge in [0, 0.05) is 55.0 Å². The molecule has 50 heavy (non-hydrogen) atoms. The highest BCUT2D eigenvalue weighted by Crippen LogP contribution is 2.34. The average molecular weight is 675 g/mol. The molecule has 3 aromatic rings. The second-order valence-electron chi connectivity index (χ2n) is 13.8. The van der Waals surface area contributed by atoms with Crippen molar-refractivity contribution in [2.45, 2.75) is 63.1 Å². The molecule has 0 spiro atoms. The number of anilines is 1. The van der Waals surface area contributed by atoms with E-state index in [-0.39, 0.29) is 35.7 Å². The summed E-state index contributed by atoms with van der Waals surface area (Å²) in [4.78, 5) is 43.8. The van der Waals surface area contributed by atoms with E-state index >= 15 is 0 Å². The Bertz CT molecular complexity index is 1870. The number of nitrogens with one attached hydrogen (secondary N) is 2. The number of phenolic OH excluding ortho intramolecular Hbond substituents is 1. The number of carbonyl (C=O) groups excluding carboxylic acids is 3. The number of phenols is 1. The monoisotopic (exact) mass is 674 g/mol. The van der Waals surface area contributed by atoms with Crippen molar-refractivity contribution in [2.75, 3.05) is 31.1 Å². The van der Waals surface area contributed by atoms with E-state index in [2.05, 4.69) is 33.3 Å². The number of likely N-dealkylation sites (tertiary alicyclic amines) is 1. The number of amidine groups is 1. The van der Waals surface area contributed by atoms with Gasteiger partial charge in [-0.25, -0.2) is 0 Å². The third-order valence-corrected chi connectivity index (χ3v) is 10.9.